The van der Waals surface area contributed by atoms with Crippen molar-refractivity contribution in [2.24, 2.45) is 11.8 Å². The molecule has 0 bridgehead atoms. The van der Waals surface area contributed by atoms with Crippen LogP contribution in [0.3, 0.4) is 0 Å². The zero-order chi connectivity index (χ0) is 18.9. The monoisotopic (exact) mass is 383 g/mol. The first-order valence-electron chi connectivity index (χ1n) is 8.68. The van der Waals surface area contributed by atoms with E-state index in [2.05, 4.69) is 16.0 Å². The summed E-state index contributed by atoms with van der Waals surface area (Å²) in [5.74, 6) is -0.872. The molecular weight excluding hydrogens is 358 g/mol. The molecule has 1 heterocycles. The zero-order valence-corrected chi connectivity index (χ0v) is 15.6. The molecule has 1 unspecified atom stereocenters. The number of carbonyl (C=O) groups excluding carboxylic acids is 1. The van der Waals surface area contributed by atoms with Gasteiger partial charge in [0, 0.05) is 43.6 Å². The predicted molar refractivity (Wildman–Crippen MR) is 101 cm³/mol. The SMILES string of the molecule is COCC(CCl)CNC(=O)Nc1cccc([C@@H]2CNCC[C@H]2C(=O)O)c1. The van der Waals surface area contributed by atoms with Crippen molar-refractivity contribution in [3.63, 3.8) is 0 Å². The molecule has 4 N–H and O–H groups in total. The molecule has 1 fully saturated rings. The van der Waals surface area contributed by atoms with Crippen LogP contribution in [0, 0.1) is 11.8 Å². The summed E-state index contributed by atoms with van der Waals surface area (Å²) in [5.41, 5.74) is 1.53. The van der Waals surface area contributed by atoms with Crippen LogP contribution in [0.25, 0.3) is 0 Å². The highest BCUT2D eigenvalue weighted by Crippen LogP contribution is 2.30. The number of aliphatic carboxylic acids is 1. The zero-order valence-electron chi connectivity index (χ0n) is 14.8. The Morgan fingerprint density at radius 2 is 2.27 bits per heavy atom. The Bertz CT molecular complexity index is 614. The fourth-order valence-corrected chi connectivity index (χ4v) is 3.36. The molecule has 1 aromatic carbocycles. The van der Waals surface area contributed by atoms with Gasteiger partial charge in [0.25, 0.3) is 0 Å². The van der Waals surface area contributed by atoms with Crippen molar-refractivity contribution in [2.75, 3.05) is 44.5 Å². The van der Waals surface area contributed by atoms with Crippen LogP contribution >= 0.6 is 11.6 Å². The lowest BCUT2D eigenvalue weighted by Gasteiger charge is -2.29. The summed E-state index contributed by atoms with van der Waals surface area (Å²) in [7, 11) is 1.59. The molecule has 1 aliphatic rings. The van der Waals surface area contributed by atoms with E-state index in [1.165, 1.54) is 0 Å². The van der Waals surface area contributed by atoms with Crippen LogP contribution in [-0.2, 0) is 9.53 Å². The molecule has 1 aliphatic heterocycles. The smallest absolute Gasteiger partial charge is 0.319 e. The number of amides is 2. The van der Waals surface area contributed by atoms with Crippen LogP contribution in [0.5, 0.6) is 0 Å². The highest BCUT2D eigenvalue weighted by molar-refractivity contribution is 6.18. The quantitative estimate of drug-likeness (QED) is 0.515. The van der Waals surface area contributed by atoms with E-state index in [0.29, 0.717) is 44.2 Å². The van der Waals surface area contributed by atoms with E-state index in [4.69, 9.17) is 16.3 Å². The summed E-state index contributed by atoms with van der Waals surface area (Å²) in [6, 6.07) is 7.01. The number of piperidine rings is 1. The van der Waals surface area contributed by atoms with E-state index in [1.807, 2.05) is 18.2 Å². The largest absolute Gasteiger partial charge is 0.481 e. The summed E-state index contributed by atoms with van der Waals surface area (Å²) in [4.78, 5) is 23.6. The molecule has 0 aliphatic carbocycles. The summed E-state index contributed by atoms with van der Waals surface area (Å²) in [6.07, 6.45) is 0.595. The maximum atomic E-state index is 12.1. The van der Waals surface area contributed by atoms with Crippen molar-refractivity contribution in [3.8, 4) is 0 Å². The summed E-state index contributed by atoms with van der Waals surface area (Å²) in [5, 5.41) is 18.2. The van der Waals surface area contributed by atoms with Gasteiger partial charge in [0.05, 0.1) is 12.5 Å². The van der Waals surface area contributed by atoms with Gasteiger partial charge in [-0.1, -0.05) is 12.1 Å². The van der Waals surface area contributed by atoms with Crippen molar-refractivity contribution in [1.29, 1.82) is 0 Å². The second kappa shape index (κ2) is 10.4. The molecule has 144 valence electrons. The standard InChI is InChI=1S/C18H26ClN3O4/c1-26-11-12(8-19)9-21-18(25)22-14-4-2-3-13(7-14)16-10-20-6-5-15(16)17(23)24/h2-4,7,12,15-16,20H,5-6,8-11H2,1H3,(H,23,24)(H2,21,22,25)/t12?,15-,16+/m1/s1. The minimum Gasteiger partial charge on any atom is -0.481 e. The van der Waals surface area contributed by atoms with Crippen LogP contribution in [0.15, 0.2) is 24.3 Å². The Balaban J connectivity index is 1.97. The molecule has 0 saturated carbocycles. The van der Waals surface area contributed by atoms with Gasteiger partial charge in [-0.3, -0.25) is 4.79 Å². The third-order valence-corrected chi connectivity index (χ3v) is 4.98. The van der Waals surface area contributed by atoms with Gasteiger partial charge < -0.3 is 25.8 Å². The molecule has 3 atom stereocenters. The fourth-order valence-electron chi connectivity index (χ4n) is 3.16. The van der Waals surface area contributed by atoms with Crippen LogP contribution in [0.1, 0.15) is 17.9 Å². The topological polar surface area (TPSA) is 99.7 Å². The number of hydrogen-bond donors (Lipinski definition) is 4. The molecule has 2 amide bonds. The number of carboxylic acid groups (broad SMARTS) is 1. The number of anilines is 1. The lowest BCUT2D eigenvalue weighted by molar-refractivity contribution is -0.143. The maximum Gasteiger partial charge on any atom is 0.319 e. The molecule has 0 aromatic heterocycles. The van der Waals surface area contributed by atoms with E-state index < -0.39 is 11.9 Å². The second-order valence-corrected chi connectivity index (χ2v) is 6.79. The number of benzene rings is 1. The molecule has 0 radical (unpaired) electrons. The molecule has 26 heavy (non-hydrogen) atoms. The highest BCUT2D eigenvalue weighted by atomic mass is 35.5. The first-order chi connectivity index (χ1) is 12.5. The van der Waals surface area contributed by atoms with Crippen LogP contribution in [0.2, 0.25) is 0 Å². The van der Waals surface area contributed by atoms with Gasteiger partial charge in [-0.25, -0.2) is 4.79 Å². The number of hydrogen-bond acceptors (Lipinski definition) is 4. The number of nitrogens with one attached hydrogen (secondary N) is 3. The first-order valence-corrected chi connectivity index (χ1v) is 9.21. The number of ether oxygens (including phenoxy) is 1. The van der Waals surface area contributed by atoms with E-state index in [9.17, 15) is 14.7 Å². The average Bonchev–Trinajstić information content (AvgIpc) is 2.65. The fraction of sp³-hybridized carbons (Fsp3) is 0.556. The number of halogens is 1. The van der Waals surface area contributed by atoms with Crippen LogP contribution < -0.4 is 16.0 Å². The Kier molecular flexibility index (Phi) is 8.15. The molecule has 8 heteroatoms. The van der Waals surface area contributed by atoms with Gasteiger partial charge in [0.1, 0.15) is 0 Å². The van der Waals surface area contributed by atoms with Crippen molar-refractivity contribution >= 4 is 29.3 Å². The number of alkyl halides is 1. The highest BCUT2D eigenvalue weighted by Gasteiger charge is 2.31. The van der Waals surface area contributed by atoms with E-state index in [-0.39, 0.29) is 17.9 Å². The predicted octanol–water partition coefficient (Wildman–Crippen LogP) is 2.09. The van der Waals surface area contributed by atoms with Gasteiger partial charge in [0.15, 0.2) is 0 Å². The van der Waals surface area contributed by atoms with Crippen LogP contribution in [0.4, 0.5) is 10.5 Å². The Morgan fingerprint density at radius 3 is 2.96 bits per heavy atom. The Morgan fingerprint density at radius 1 is 1.46 bits per heavy atom. The van der Waals surface area contributed by atoms with E-state index >= 15 is 0 Å². The van der Waals surface area contributed by atoms with E-state index in [1.54, 1.807) is 13.2 Å². The first kappa shape index (κ1) is 20.5. The van der Waals surface area contributed by atoms with E-state index in [0.717, 1.165) is 5.56 Å². The minimum absolute atomic E-state index is 0.0448. The van der Waals surface area contributed by atoms with Gasteiger partial charge in [-0.05, 0) is 30.7 Å². The lowest BCUT2D eigenvalue weighted by Crippen LogP contribution is -2.38. The normalized spacial score (nSPS) is 21.0. The van der Waals surface area contributed by atoms with Crippen molar-refractivity contribution < 1.29 is 19.4 Å². The lowest BCUT2D eigenvalue weighted by atomic mass is 9.81. The Labute approximate surface area is 158 Å². The van der Waals surface area contributed by atoms with Crippen molar-refractivity contribution in [1.82, 2.24) is 10.6 Å². The van der Waals surface area contributed by atoms with Gasteiger partial charge in [-0.15, -0.1) is 11.6 Å². The number of rotatable bonds is 8. The number of methoxy groups -OCH3 is 1. The summed E-state index contributed by atoms with van der Waals surface area (Å²) < 4.78 is 5.05. The molecule has 1 saturated heterocycles. The number of urea groups is 1. The molecular formula is C18H26ClN3O4. The summed E-state index contributed by atoms with van der Waals surface area (Å²) >= 11 is 5.83. The summed E-state index contributed by atoms with van der Waals surface area (Å²) in [6.45, 7) is 2.21. The van der Waals surface area contributed by atoms with Gasteiger partial charge >= 0.3 is 12.0 Å². The number of carbonyl (C=O) groups is 2. The third kappa shape index (κ3) is 5.86. The third-order valence-electron chi connectivity index (χ3n) is 4.54. The van der Waals surface area contributed by atoms with Crippen molar-refractivity contribution in [3.05, 3.63) is 29.8 Å². The second-order valence-electron chi connectivity index (χ2n) is 6.48. The van der Waals surface area contributed by atoms with Crippen molar-refractivity contribution in [2.45, 2.75) is 12.3 Å². The van der Waals surface area contributed by atoms with Gasteiger partial charge in [0.2, 0.25) is 0 Å². The van der Waals surface area contributed by atoms with Crippen LogP contribution in [-0.4, -0.2) is 56.3 Å². The minimum atomic E-state index is -0.780. The number of carboxylic acids is 1. The Hall–Kier alpha value is -1.83. The van der Waals surface area contributed by atoms with Gasteiger partial charge in [-0.2, -0.15) is 0 Å². The average molecular weight is 384 g/mol. The molecule has 1 aromatic rings. The molecule has 0 spiro atoms. The molecule has 7 nitrogen and oxygen atoms in total. The molecule has 2 rings (SSSR count). The maximum absolute atomic E-state index is 12.1.